The molecule has 3 N–H and O–H groups in total. The van der Waals surface area contributed by atoms with E-state index < -0.39 is 24.4 Å². The highest BCUT2D eigenvalue weighted by molar-refractivity contribution is 6.04. The van der Waals surface area contributed by atoms with Crippen LogP contribution in [0.5, 0.6) is 11.5 Å². The molecule has 0 aliphatic heterocycles. The number of aromatic amines is 1. The Kier molecular flexibility index (Phi) is 7.05. The number of H-pyrrole nitrogens is 1. The van der Waals surface area contributed by atoms with Gasteiger partial charge in [-0.25, -0.2) is 0 Å². The van der Waals surface area contributed by atoms with Gasteiger partial charge in [0.1, 0.15) is 11.5 Å². The normalized spacial score (nSPS) is 10.4. The van der Waals surface area contributed by atoms with E-state index >= 15 is 0 Å². The van der Waals surface area contributed by atoms with Gasteiger partial charge in [0.2, 0.25) is 0 Å². The molecule has 1 heterocycles. The van der Waals surface area contributed by atoms with Gasteiger partial charge in [-0.15, -0.1) is 0 Å². The Morgan fingerprint density at radius 1 is 1.03 bits per heavy atom. The first-order chi connectivity index (χ1) is 15.0. The molecule has 2 aromatic carbocycles. The minimum absolute atomic E-state index is 0.0492. The molecule has 0 aliphatic carbocycles. The molecule has 0 unspecified atom stereocenters. The summed E-state index contributed by atoms with van der Waals surface area (Å²) in [6.07, 6.45) is -0.0889. The maximum Gasteiger partial charge on any atom is 0.308 e. The summed E-state index contributed by atoms with van der Waals surface area (Å²) in [5.41, 5.74) is 1.43. The molecule has 162 valence electrons. The molecule has 3 rings (SSSR count). The molecule has 0 spiro atoms. The molecule has 1 aromatic heterocycles. The first kappa shape index (κ1) is 21.6. The van der Waals surface area contributed by atoms with Crippen molar-refractivity contribution >= 4 is 34.4 Å². The predicted molar refractivity (Wildman–Crippen MR) is 112 cm³/mol. The van der Waals surface area contributed by atoms with Gasteiger partial charge >= 0.3 is 5.97 Å². The lowest BCUT2D eigenvalue weighted by Gasteiger charge is -2.10. The summed E-state index contributed by atoms with van der Waals surface area (Å²) in [7, 11) is 2.99. The van der Waals surface area contributed by atoms with E-state index in [1.165, 1.54) is 14.2 Å². The molecule has 0 atom stereocenters. The third-order valence-electron chi connectivity index (χ3n) is 4.30. The van der Waals surface area contributed by atoms with Crippen molar-refractivity contribution in [2.24, 2.45) is 0 Å². The number of nitrogens with zero attached hydrogens (tertiary/aromatic N) is 1. The fourth-order valence-corrected chi connectivity index (χ4v) is 2.79. The van der Waals surface area contributed by atoms with Crippen molar-refractivity contribution in [1.29, 1.82) is 0 Å². The predicted octanol–water partition coefficient (Wildman–Crippen LogP) is 1.88. The zero-order chi connectivity index (χ0) is 22.2. The van der Waals surface area contributed by atoms with E-state index in [0.717, 1.165) is 5.52 Å². The number of amides is 2. The molecule has 0 radical (unpaired) electrons. The summed E-state index contributed by atoms with van der Waals surface area (Å²) in [5, 5.41) is 12.7. The van der Waals surface area contributed by atoms with Crippen LogP contribution in [0.25, 0.3) is 10.9 Å². The average molecular weight is 426 g/mol. The first-order valence-electron chi connectivity index (χ1n) is 9.40. The minimum atomic E-state index is -0.620. The van der Waals surface area contributed by atoms with Gasteiger partial charge in [0.05, 0.1) is 26.2 Å². The summed E-state index contributed by atoms with van der Waals surface area (Å²) in [5.74, 6) is -0.532. The summed E-state index contributed by atoms with van der Waals surface area (Å²) in [6, 6.07) is 12.1. The number of benzene rings is 2. The highest BCUT2D eigenvalue weighted by atomic mass is 16.5. The van der Waals surface area contributed by atoms with Crippen molar-refractivity contribution in [2.75, 3.05) is 32.7 Å². The Morgan fingerprint density at radius 3 is 2.45 bits per heavy atom. The van der Waals surface area contributed by atoms with Crippen LogP contribution in [0.1, 0.15) is 16.9 Å². The lowest BCUT2D eigenvalue weighted by molar-refractivity contribution is -0.147. The average Bonchev–Trinajstić information content (AvgIpc) is 3.21. The Morgan fingerprint density at radius 2 is 1.74 bits per heavy atom. The molecule has 0 fully saturated rings. The number of carbonyl (C=O) groups is 3. The van der Waals surface area contributed by atoms with E-state index in [-0.39, 0.29) is 18.7 Å². The van der Waals surface area contributed by atoms with E-state index in [0.29, 0.717) is 22.6 Å². The second-order valence-electron chi connectivity index (χ2n) is 6.43. The Hall–Kier alpha value is -4.08. The van der Waals surface area contributed by atoms with Crippen LogP contribution in [0.2, 0.25) is 0 Å². The number of carbonyl (C=O) groups excluding carboxylic acids is 3. The van der Waals surface area contributed by atoms with Crippen molar-refractivity contribution in [3.63, 3.8) is 0 Å². The van der Waals surface area contributed by atoms with Gasteiger partial charge < -0.3 is 24.8 Å². The van der Waals surface area contributed by atoms with Crippen molar-refractivity contribution in [3.05, 3.63) is 48.2 Å². The van der Waals surface area contributed by atoms with E-state index in [2.05, 4.69) is 20.8 Å². The molecule has 0 aliphatic rings. The van der Waals surface area contributed by atoms with Gasteiger partial charge in [0, 0.05) is 35.8 Å². The molecular formula is C21H22N4O6. The molecular weight excluding hydrogens is 404 g/mol. The number of hydrogen-bond donors (Lipinski definition) is 3. The SMILES string of the molecule is COc1cc(NC(=O)COC(=O)CCNC(=O)c2n[nH]c3ccccc23)cc(OC)c1. The molecule has 0 saturated carbocycles. The van der Waals surface area contributed by atoms with Crippen molar-refractivity contribution < 1.29 is 28.6 Å². The lowest BCUT2D eigenvalue weighted by Crippen LogP contribution is -2.28. The molecule has 0 saturated heterocycles. The first-order valence-corrected chi connectivity index (χ1v) is 9.40. The van der Waals surface area contributed by atoms with E-state index in [1.54, 1.807) is 30.3 Å². The number of aromatic nitrogens is 2. The number of methoxy groups -OCH3 is 2. The fraction of sp³-hybridized carbons (Fsp3) is 0.238. The molecule has 2 amide bonds. The summed E-state index contributed by atoms with van der Waals surface area (Å²) < 4.78 is 15.2. The summed E-state index contributed by atoms with van der Waals surface area (Å²) >= 11 is 0. The van der Waals surface area contributed by atoms with Gasteiger partial charge in [-0.3, -0.25) is 19.5 Å². The van der Waals surface area contributed by atoms with Crippen LogP contribution < -0.4 is 20.1 Å². The lowest BCUT2D eigenvalue weighted by atomic mass is 10.2. The standard InChI is InChI=1S/C21H22N4O6/c1-29-14-9-13(10-15(11-14)30-2)23-18(26)12-31-19(27)7-8-22-21(28)20-16-5-3-4-6-17(16)24-25-20/h3-6,9-11H,7-8,12H2,1-2H3,(H,22,28)(H,23,26)(H,24,25). The van der Waals surface area contributed by atoms with Gasteiger partial charge in [-0.2, -0.15) is 5.10 Å². The van der Waals surface area contributed by atoms with E-state index in [1.807, 2.05) is 12.1 Å². The maximum absolute atomic E-state index is 12.2. The number of ether oxygens (including phenoxy) is 3. The topological polar surface area (TPSA) is 132 Å². The maximum atomic E-state index is 12.2. The van der Waals surface area contributed by atoms with Crippen molar-refractivity contribution in [1.82, 2.24) is 15.5 Å². The van der Waals surface area contributed by atoms with Gasteiger partial charge in [-0.1, -0.05) is 18.2 Å². The third-order valence-corrected chi connectivity index (χ3v) is 4.30. The number of fused-ring (bicyclic) bond motifs is 1. The molecule has 3 aromatic rings. The number of anilines is 1. The highest BCUT2D eigenvalue weighted by Gasteiger charge is 2.14. The van der Waals surface area contributed by atoms with E-state index in [4.69, 9.17) is 14.2 Å². The minimum Gasteiger partial charge on any atom is -0.497 e. The second kappa shape index (κ2) is 10.1. The fourth-order valence-electron chi connectivity index (χ4n) is 2.79. The Balaban J connectivity index is 1.42. The van der Waals surface area contributed by atoms with Crippen LogP contribution in [0.15, 0.2) is 42.5 Å². The largest absolute Gasteiger partial charge is 0.497 e. The monoisotopic (exact) mass is 426 g/mol. The summed E-state index contributed by atoms with van der Waals surface area (Å²) in [4.78, 5) is 36.1. The van der Waals surface area contributed by atoms with Crippen LogP contribution in [0, 0.1) is 0 Å². The second-order valence-corrected chi connectivity index (χ2v) is 6.43. The number of esters is 1. The molecule has 0 bridgehead atoms. The molecule has 31 heavy (non-hydrogen) atoms. The van der Waals surface area contributed by atoms with Crippen LogP contribution in [0.4, 0.5) is 5.69 Å². The van der Waals surface area contributed by atoms with Crippen LogP contribution in [-0.2, 0) is 14.3 Å². The number of rotatable bonds is 9. The van der Waals surface area contributed by atoms with Crippen LogP contribution in [0.3, 0.4) is 0 Å². The molecule has 10 nitrogen and oxygen atoms in total. The number of para-hydroxylation sites is 1. The van der Waals surface area contributed by atoms with Crippen molar-refractivity contribution in [2.45, 2.75) is 6.42 Å². The highest BCUT2D eigenvalue weighted by Crippen LogP contribution is 2.25. The van der Waals surface area contributed by atoms with Crippen LogP contribution in [-0.4, -0.2) is 55.4 Å². The zero-order valence-electron chi connectivity index (χ0n) is 17.1. The Bertz CT molecular complexity index is 1070. The van der Waals surface area contributed by atoms with Crippen molar-refractivity contribution in [3.8, 4) is 11.5 Å². The Labute approximate surface area is 177 Å². The number of nitrogens with one attached hydrogen (secondary N) is 3. The zero-order valence-corrected chi connectivity index (χ0v) is 17.1. The summed E-state index contributed by atoms with van der Waals surface area (Å²) in [6.45, 7) is -0.413. The van der Waals surface area contributed by atoms with Gasteiger partial charge in [-0.05, 0) is 6.07 Å². The third kappa shape index (κ3) is 5.72. The quantitative estimate of drug-likeness (QED) is 0.445. The molecule has 10 heteroatoms. The van der Waals surface area contributed by atoms with Gasteiger partial charge in [0.25, 0.3) is 11.8 Å². The van der Waals surface area contributed by atoms with Gasteiger partial charge in [0.15, 0.2) is 12.3 Å². The van der Waals surface area contributed by atoms with E-state index in [9.17, 15) is 14.4 Å². The smallest absolute Gasteiger partial charge is 0.308 e. The van der Waals surface area contributed by atoms with Crippen LogP contribution >= 0.6 is 0 Å². The number of hydrogen-bond acceptors (Lipinski definition) is 7.